The minimum absolute atomic E-state index is 0.0591. The van der Waals surface area contributed by atoms with E-state index in [9.17, 15) is 4.79 Å². The van der Waals surface area contributed by atoms with Crippen LogP contribution in [0, 0.1) is 0 Å². The fourth-order valence-corrected chi connectivity index (χ4v) is 3.95. The predicted molar refractivity (Wildman–Crippen MR) is 101 cm³/mol. The number of carbonyl (C=O) groups is 1. The zero-order valence-electron chi connectivity index (χ0n) is 13.3. The van der Waals surface area contributed by atoms with Crippen LogP contribution >= 0.6 is 23.1 Å². The second-order valence-corrected chi connectivity index (χ2v) is 7.37. The van der Waals surface area contributed by atoms with Gasteiger partial charge >= 0.3 is 0 Å². The highest BCUT2D eigenvalue weighted by Gasteiger charge is 2.24. The molecule has 0 radical (unpaired) electrons. The van der Waals surface area contributed by atoms with Crippen LogP contribution in [-0.2, 0) is 11.2 Å². The number of para-hydroxylation sites is 1. The van der Waals surface area contributed by atoms with Gasteiger partial charge in [-0.1, -0.05) is 36.0 Å². The van der Waals surface area contributed by atoms with Crippen molar-refractivity contribution in [1.82, 2.24) is 10.2 Å². The summed E-state index contributed by atoms with van der Waals surface area (Å²) in [5.41, 5.74) is 2.23. The van der Waals surface area contributed by atoms with Crippen molar-refractivity contribution < 1.29 is 9.21 Å². The number of hydrogen-bond donors (Lipinski definition) is 0. The highest BCUT2D eigenvalue weighted by Crippen LogP contribution is 2.28. The number of benzene rings is 1. The molecule has 3 heterocycles. The molecule has 2 aromatic heterocycles. The van der Waals surface area contributed by atoms with Gasteiger partial charge < -0.3 is 9.32 Å². The van der Waals surface area contributed by atoms with E-state index in [2.05, 4.69) is 16.3 Å². The Morgan fingerprint density at radius 3 is 3.04 bits per heavy atom. The van der Waals surface area contributed by atoms with Crippen LogP contribution in [0.5, 0.6) is 0 Å². The van der Waals surface area contributed by atoms with Crippen molar-refractivity contribution >= 4 is 46.8 Å². The number of thiophene rings is 1. The summed E-state index contributed by atoms with van der Waals surface area (Å²) in [6.07, 6.45) is 4.62. The van der Waals surface area contributed by atoms with E-state index in [1.165, 1.54) is 17.3 Å². The first-order valence-corrected chi connectivity index (χ1v) is 9.72. The van der Waals surface area contributed by atoms with Gasteiger partial charge in [-0.15, -0.1) is 21.5 Å². The van der Waals surface area contributed by atoms with Gasteiger partial charge in [-0.05, 0) is 35.6 Å². The minimum atomic E-state index is 0.0591. The van der Waals surface area contributed by atoms with E-state index in [0.717, 1.165) is 23.5 Å². The average Bonchev–Trinajstić information content (AvgIpc) is 3.38. The summed E-state index contributed by atoms with van der Waals surface area (Å²) in [6.45, 7) is 0.734. The first kappa shape index (κ1) is 16.1. The lowest BCUT2D eigenvalue weighted by Crippen LogP contribution is -2.30. The maximum absolute atomic E-state index is 12.5. The summed E-state index contributed by atoms with van der Waals surface area (Å²) in [7, 11) is 0. The lowest BCUT2D eigenvalue weighted by atomic mass is 10.2. The van der Waals surface area contributed by atoms with Crippen molar-refractivity contribution in [3.05, 3.63) is 58.1 Å². The molecule has 1 amide bonds. The monoisotopic (exact) mass is 369 g/mol. The lowest BCUT2D eigenvalue weighted by Gasteiger charge is -2.16. The van der Waals surface area contributed by atoms with Gasteiger partial charge in [0.1, 0.15) is 0 Å². The van der Waals surface area contributed by atoms with Gasteiger partial charge in [-0.3, -0.25) is 4.79 Å². The molecular formula is C18H15N3O2S2. The topological polar surface area (TPSA) is 59.2 Å². The Labute approximate surface area is 153 Å². The standard InChI is InChI=1S/C18H15N3O2S2/c22-17(21-10-9-13-4-1-2-6-15(13)21)12-25-18-20-19-16(23-18)8-7-14-5-3-11-24-14/h1-8,11H,9-10,12H2/b8-7+. The predicted octanol–water partition coefficient (Wildman–Crippen LogP) is 3.98. The van der Waals surface area contributed by atoms with Crippen LogP contribution in [0.1, 0.15) is 16.3 Å². The molecule has 1 aliphatic heterocycles. The molecule has 3 aromatic rings. The quantitative estimate of drug-likeness (QED) is 0.637. The first-order chi connectivity index (χ1) is 12.3. The molecule has 0 spiro atoms. The number of anilines is 1. The zero-order chi connectivity index (χ0) is 17.1. The Morgan fingerprint density at radius 2 is 2.16 bits per heavy atom. The van der Waals surface area contributed by atoms with Gasteiger partial charge in [0.2, 0.25) is 11.8 Å². The molecule has 1 aliphatic rings. The zero-order valence-corrected chi connectivity index (χ0v) is 14.9. The number of carbonyl (C=O) groups excluding carboxylic acids is 1. The minimum Gasteiger partial charge on any atom is -0.412 e. The fraction of sp³-hybridized carbons (Fsp3) is 0.167. The summed E-state index contributed by atoms with van der Waals surface area (Å²) < 4.78 is 5.55. The Hall–Kier alpha value is -2.38. The van der Waals surface area contributed by atoms with Crippen molar-refractivity contribution in [2.24, 2.45) is 0 Å². The van der Waals surface area contributed by atoms with Crippen LogP contribution in [0.2, 0.25) is 0 Å². The van der Waals surface area contributed by atoms with Gasteiger partial charge in [-0.2, -0.15) is 0 Å². The summed E-state index contributed by atoms with van der Waals surface area (Å²) in [4.78, 5) is 15.4. The van der Waals surface area contributed by atoms with E-state index in [1.54, 1.807) is 17.4 Å². The third kappa shape index (κ3) is 3.67. The molecule has 0 atom stereocenters. The fourth-order valence-electron chi connectivity index (χ4n) is 2.68. The van der Waals surface area contributed by atoms with Crippen molar-refractivity contribution in [1.29, 1.82) is 0 Å². The van der Waals surface area contributed by atoms with Crippen LogP contribution in [-0.4, -0.2) is 28.4 Å². The SMILES string of the molecule is O=C(CSc1nnc(/C=C/c2cccs2)o1)N1CCc2ccccc21. The van der Waals surface area contributed by atoms with Gasteiger partial charge in [0, 0.05) is 23.2 Å². The molecule has 25 heavy (non-hydrogen) atoms. The van der Waals surface area contributed by atoms with Crippen molar-refractivity contribution in [2.45, 2.75) is 11.6 Å². The van der Waals surface area contributed by atoms with Gasteiger partial charge in [0.15, 0.2) is 0 Å². The average molecular weight is 369 g/mol. The number of hydrogen-bond acceptors (Lipinski definition) is 6. The Morgan fingerprint density at radius 1 is 1.24 bits per heavy atom. The molecule has 126 valence electrons. The van der Waals surface area contributed by atoms with Crippen LogP contribution in [0.3, 0.4) is 0 Å². The van der Waals surface area contributed by atoms with Crippen molar-refractivity contribution in [3.63, 3.8) is 0 Å². The molecule has 0 N–H and O–H groups in total. The highest BCUT2D eigenvalue weighted by molar-refractivity contribution is 7.99. The number of aromatic nitrogens is 2. The normalized spacial score (nSPS) is 13.5. The molecule has 0 saturated carbocycles. The molecule has 0 fully saturated rings. The molecule has 0 aliphatic carbocycles. The van der Waals surface area contributed by atoms with Gasteiger partial charge in [0.05, 0.1) is 5.75 Å². The number of rotatable bonds is 5. The third-order valence-electron chi connectivity index (χ3n) is 3.86. The Balaban J connectivity index is 1.35. The summed E-state index contributed by atoms with van der Waals surface area (Å²) in [5, 5.41) is 10.4. The molecular weight excluding hydrogens is 354 g/mol. The summed E-state index contributed by atoms with van der Waals surface area (Å²) in [5.74, 6) is 0.781. The lowest BCUT2D eigenvalue weighted by molar-refractivity contribution is -0.116. The van der Waals surface area contributed by atoms with Crippen LogP contribution in [0.25, 0.3) is 12.2 Å². The Kier molecular flexibility index (Phi) is 4.67. The second kappa shape index (κ2) is 7.25. The maximum atomic E-state index is 12.5. The molecule has 0 bridgehead atoms. The van der Waals surface area contributed by atoms with Crippen LogP contribution in [0.15, 0.2) is 51.4 Å². The number of fused-ring (bicyclic) bond motifs is 1. The van der Waals surface area contributed by atoms with Crippen molar-refractivity contribution in [2.75, 3.05) is 17.2 Å². The second-order valence-electron chi connectivity index (χ2n) is 5.47. The Bertz CT molecular complexity index is 903. The summed E-state index contributed by atoms with van der Waals surface area (Å²) in [6, 6.07) is 12.0. The van der Waals surface area contributed by atoms with Gasteiger partial charge in [-0.25, -0.2) is 0 Å². The van der Waals surface area contributed by atoms with E-state index < -0.39 is 0 Å². The van der Waals surface area contributed by atoms with E-state index in [-0.39, 0.29) is 11.7 Å². The molecule has 0 saturated heterocycles. The summed E-state index contributed by atoms with van der Waals surface area (Å²) >= 11 is 2.91. The van der Waals surface area contributed by atoms with E-state index in [0.29, 0.717) is 11.1 Å². The molecule has 7 heteroatoms. The number of nitrogens with zero attached hydrogens (tertiary/aromatic N) is 3. The van der Waals surface area contributed by atoms with Crippen LogP contribution < -0.4 is 4.90 Å². The van der Waals surface area contributed by atoms with Gasteiger partial charge in [0.25, 0.3) is 5.22 Å². The van der Waals surface area contributed by atoms with E-state index >= 15 is 0 Å². The first-order valence-electron chi connectivity index (χ1n) is 7.86. The highest BCUT2D eigenvalue weighted by atomic mass is 32.2. The molecule has 0 unspecified atom stereocenters. The molecule has 1 aromatic carbocycles. The number of thioether (sulfide) groups is 1. The number of amides is 1. The van der Waals surface area contributed by atoms with E-state index in [1.807, 2.05) is 46.7 Å². The van der Waals surface area contributed by atoms with Crippen LogP contribution in [0.4, 0.5) is 5.69 Å². The van der Waals surface area contributed by atoms with Crippen molar-refractivity contribution in [3.8, 4) is 0 Å². The van der Waals surface area contributed by atoms with E-state index in [4.69, 9.17) is 4.42 Å². The molecule has 4 rings (SSSR count). The largest absolute Gasteiger partial charge is 0.412 e. The maximum Gasteiger partial charge on any atom is 0.277 e. The third-order valence-corrected chi connectivity index (χ3v) is 5.50. The molecule has 5 nitrogen and oxygen atoms in total. The smallest absolute Gasteiger partial charge is 0.277 e.